The molecule has 1 aromatic carbocycles. The number of phenols is 1. The number of carbonyl (C=O) groups is 1. The zero-order valence-corrected chi connectivity index (χ0v) is 9.92. The van der Waals surface area contributed by atoms with Crippen molar-refractivity contribution in [2.45, 2.75) is 6.54 Å². The van der Waals surface area contributed by atoms with Crippen LogP contribution in [0.2, 0.25) is 0 Å². The molecule has 0 bridgehead atoms. The number of benzene rings is 1. The van der Waals surface area contributed by atoms with Crippen LogP contribution in [-0.2, 0) is 13.6 Å². The molecule has 6 nitrogen and oxygen atoms in total. The van der Waals surface area contributed by atoms with Crippen LogP contribution in [0.4, 0.5) is 5.69 Å². The minimum Gasteiger partial charge on any atom is -0.506 e. The molecule has 0 fully saturated rings. The van der Waals surface area contributed by atoms with Gasteiger partial charge in [0.2, 0.25) is 0 Å². The van der Waals surface area contributed by atoms with Gasteiger partial charge in [0.1, 0.15) is 5.75 Å². The lowest BCUT2D eigenvalue weighted by atomic mass is 10.2. The van der Waals surface area contributed by atoms with E-state index in [0.29, 0.717) is 12.1 Å². The maximum Gasteiger partial charge on any atom is 0.251 e. The van der Waals surface area contributed by atoms with Crippen molar-refractivity contribution in [2.24, 2.45) is 7.05 Å². The van der Waals surface area contributed by atoms with Crippen molar-refractivity contribution in [3.05, 3.63) is 41.7 Å². The van der Waals surface area contributed by atoms with E-state index in [1.54, 1.807) is 16.9 Å². The van der Waals surface area contributed by atoms with Gasteiger partial charge in [-0.1, -0.05) is 0 Å². The highest BCUT2D eigenvalue weighted by atomic mass is 16.3. The van der Waals surface area contributed by atoms with Crippen molar-refractivity contribution in [2.75, 3.05) is 5.73 Å². The number of aromatic nitrogens is 2. The van der Waals surface area contributed by atoms with E-state index in [1.165, 1.54) is 12.1 Å². The Labute approximate surface area is 104 Å². The Hall–Kier alpha value is -2.50. The van der Waals surface area contributed by atoms with Crippen molar-refractivity contribution in [3.63, 3.8) is 0 Å². The largest absolute Gasteiger partial charge is 0.506 e. The number of nitrogen functional groups attached to an aromatic ring is 1. The summed E-state index contributed by atoms with van der Waals surface area (Å²) in [6.45, 7) is 0.387. The summed E-state index contributed by atoms with van der Waals surface area (Å²) in [5.41, 5.74) is 6.99. The van der Waals surface area contributed by atoms with Crippen molar-refractivity contribution >= 4 is 11.6 Å². The topological polar surface area (TPSA) is 93.2 Å². The molecule has 0 unspecified atom stereocenters. The first-order valence-electron chi connectivity index (χ1n) is 5.40. The molecule has 18 heavy (non-hydrogen) atoms. The number of rotatable bonds is 3. The molecule has 0 saturated carbocycles. The number of hydrogen-bond donors (Lipinski definition) is 3. The Bertz CT molecular complexity index is 577. The Morgan fingerprint density at radius 2 is 2.33 bits per heavy atom. The number of aromatic hydroxyl groups is 1. The van der Waals surface area contributed by atoms with Crippen molar-refractivity contribution < 1.29 is 9.90 Å². The molecular formula is C12H14N4O2. The van der Waals surface area contributed by atoms with Gasteiger partial charge in [-0.3, -0.25) is 9.48 Å². The SMILES string of the molecule is Cn1cc(CNC(=O)c2ccc(N)c(O)c2)cn1. The maximum absolute atomic E-state index is 11.8. The normalized spacial score (nSPS) is 10.3. The van der Waals surface area contributed by atoms with Gasteiger partial charge in [-0.05, 0) is 18.2 Å². The number of carbonyl (C=O) groups excluding carboxylic acids is 1. The van der Waals surface area contributed by atoms with Crippen LogP contribution < -0.4 is 11.1 Å². The summed E-state index contributed by atoms with van der Waals surface area (Å²) in [5.74, 6) is -0.363. The second kappa shape index (κ2) is 4.79. The smallest absolute Gasteiger partial charge is 0.251 e. The third kappa shape index (κ3) is 2.60. The molecule has 0 aliphatic carbocycles. The number of hydrogen-bond acceptors (Lipinski definition) is 4. The number of nitrogens with zero attached hydrogens (tertiary/aromatic N) is 2. The lowest BCUT2D eigenvalue weighted by molar-refractivity contribution is 0.0950. The summed E-state index contributed by atoms with van der Waals surface area (Å²) in [5, 5.41) is 16.2. The fourth-order valence-electron chi connectivity index (χ4n) is 1.53. The molecule has 0 atom stereocenters. The van der Waals surface area contributed by atoms with Gasteiger partial charge in [-0.25, -0.2) is 0 Å². The lowest BCUT2D eigenvalue weighted by Crippen LogP contribution is -2.22. The standard InChI is InChI=1S/C12H14N4O2/c1-16-7-8(6-15-16)5-14-12(18)9-2-3-10(13)11(17)4-9/h2-4,6-7,17H,5,13H2,1H3,(H,14,18). The first-order valence-corrected chi connectivity index (χ1v) is 5.40. The predicted molar refractivity (Wildman–Crippen MR) is 66.9 cm³/mol. The molecular weight excluding hydrogens is 232 g/mol. The number of nitrogens with one attached hydrogen (secondary N) is 1. The molecule has 2 rings (SSSR count). The molecule has 0 spiro atoms. The van der Waals surface area contributed by atoms with Crippen molar-refractivity contribution in [1.82, 2.24) is 15.1 Å². The minimum absolute atomic E-state index is 0.0935. The van der Waals surface area contributed by atoms with Gasteiger partial charge >= 0.3 is 0 Å². The molecule has 0 saturated heterocycles. The molecule has 1 amide bonds. The quantitative estimate of drug-likeness (QED) is 0.547. The van der Waals surface area contributed by atoms with Crippen LogP contribution in [0, 0.1) is 0 Å². The number of phenolic OH excluding ortho intramolecular Hbond substituents is 1. The Morgan fingerprint density at radius 3 is 2.94 bits per heavy atom. The highest BCUT2D eigenvalue weighted by molar-refractivity contribution is 5.95. The molecule has 0 radical (unpaired) electrons. The number of anilines is 1. The first-order chi connectivity index (χ1) is 8.56. The van der Waals surface area contributed by atoms with Gasteiger partial charge < -0.3 is 16.2 Å². The molecule has 94 valence electrons. The summed E-state index contributed by atoms with van der Waals surface area (Å²) in [7, 11) is 1.81. The molecule has 1 aromatic heterocycles. The van der Waals surface area contributed by atoms with Crippen molar-refractivity contribution in [3.8, 4) is 5.75 Å². The number of amides is 1. The maximum atomic E-state index is 11.8. The second-order valence-electron chi connectivity index (χ2n) is 3.98. The van der Waals surface area contributed by atoms with E-state index in [-0.39, 0.29) is 17.3 Å². The van der Waals surface area contributed by atoms with E-state index >= 15 is 0 Å². The van der Waals surface area contributed by atoms with Crippen LogP contribution in [0.15, 0.2) is 30.6 Å². The van der Waals surface area contributed by atoms with Crippen LogP contribution in [-0.4, -0.2) is 20.8 Å². The van der Waals surface area contributed by atoms with Gasteiger partial charge in [0.15, 0.2) is 0 Å². The van der Waals surface area contributed by atoms with Crippen LogP contribution in [0.5, 0.6) is 5.75 Å². The van der Waals surface area contributed by atoms with E-state index in [4.69, 9.17) is 5.73 Å². The molecule has 0 aliphatic heterocycles. The Morgan fingerprint density at radius 1 is 1.56 bits per heavy atom. The third-order valence-electron chi connectivity index (χ3n) is 2.50. The monoisotopic (exact) mass is 246 g/mol. The van der Waals surface area contributed by atoms with Gasteiger partial charge in [0, 0.05) is 30.9 Å². The van der Waals surface area contributed by atoms with E-state index in [1.807, 2.05) is 13.2 Å². The van der Waals surface area contributed by atoms with Crippen LogP contribution in [0.3, 0.4) is 0 Å². The first kappa shape index (κ1) is 12.0. The van der Waals surface area contributed by atoms with E-state index in [0.717, 1.165) is 5.56 Å². The fourth-order valence-corrected chi connectivity index (χ4v) is 1.53. The number of aryl methyl sites for hydroxylation is 1. The number of nitrogens with two attached hydrogens (primary N) is 1. The summed E-state index contributed by atoms with van der Waals surface area (Å²) >= 11 is 0. The molecule has 6 heteroatoms. The average Bonchev–Trinajstić information content (AvgIpc) is 2.75. The highest BCUT2D eigenvalue weighted by Gasteiger charge is 2.08. The zero-order chi connectivity index (χ0) is 13.1. The summed E-state index contributed by atoms with van der Waals surface area (Å²) < 4.78 is 1.66. The summed E-state index contributed by atoms with van der Waals surface area (Å²) in [6.07, 6.45) is 3.50. The lowest BCUT2D eigenvalue weighted by Gasteiger charge is -2.05. The zero-order valence-electron chi connectivity index (χ0n) is 9.92. The van der Waals surface area contributed by atoms with Gasteiger partial charge in [-0.15, -0.1) is 0 Å². The van der Waals surface area contributed by atoms with Crippen LogP contribution >= 0.6 is 0 Å². The Kier molecular flexibility index (Phi) is 3.18. The average molecular weight is 246 g/mol. The van der Waals surface area contributed by atoms with Crippen LogP contribution in [0.1, 0.15) is 15.9 Å². The summed E-state index contributed by atoms with van der Waals surface area (Å²) in [4.78, 5) is 11.8. The summed E-state index contributed by atoms with van der Waals surface area (Å²) in [6, 6.07) is 4.40. The van der Waals surface area contributed by atoms with E-state index < -0.39 is 0 Å². The molecule has 4 N–H and O–H groups in total. The van der Waals surface area contributed by atoms with Crippen molar-refractivity contribution in [1.29, 1.82) is 0 Å². The second-order valence-corrected chi connectivity index (χ2v) is 3.98. The van der Waals surface area contributed by atoms with E-state index in [9.17, 15) is 9.90 Å². The highest BCUT2D eigenvalue weighted by Crippen LogP contribution is 2.20. The van der Waals surface area contributed by atoms with Gasteiger partial charge in [0.25, 0.3) is 5.91 Å². The fraction of sp³-hybridized carbons (Fsp3) is 0.167. The molecule has 1 heterocycles. The van der Waals surface area contributed by atoms with Crippen LogP contribution in [0.25, 0.3) is 0 Å². The predicted octanol–water partition coefficient (Wildman–Crippen LogP) is 0.638. The van der Waals surface area contributed by atoms with E-state index in [2.05, 4.69) is 10.4 Å². The molecule has 0 aliphatic rings. The Balaban J connectivity index is 2.01. The third-order valence-corrected chi connectivity index (χ3v) is 2.50. The van der Waals surface area contributed by atoms with Gasteiger partial charge in [0.05, 0.1) is 11.9 Å². The molecule has 2 aromatic rings. The minimum atomic E-state index is -0.269. The van der Waals surface area contributed by atoms with Gasteiger partial charge in [-0.2, -0.15) is 5.10 Å².